The van der Waals surface area contributed by atoms with Crippen molar-refractivity contribution in [3.8, 4) is 0 Å². The zero-order valence-electron chi connectivity index (χ0n) is 12.7. The Bertz CT molecular complexity index is 436. The van der Waals surface area contributed by atoms with Crippen LogP contribution in [0.1, 0.15) is 31.9 Å². The van der Waals surface area contributed by atoms with Crippen molar-refractivity contribution in [2.24, 2.45) is 0 Å². The van der Waals surface area contributed by atoms with Crippen molar-refractivity contribution in [1.82, 2.24) is 10.2 Å². The molecule has 0 radical (unpaired) electrons. The standard InChI is InChI=1S/C16H25FN2O/c1-12(2)18-9-14-4-5-16(17)15(8-14)11-19-6-7-20-13(3)10-19/h4-5,8,12-13,18H,6-7,9-11H2,1-3H3. The van der Waals surface area contributed by atoms with Crippen molar-refractivity contribution in [3.63, 3.8) is 0 Å². The second kappa shape index (κ2) is 7.16. The van der Waals surface area contributed by atoms with Crippen LogP contribution in [0.5, 0.6) is 0 Å². The number of hydrogen-bond acceptors (Lipinski definition) is 3. The highest BCUT2D eigenvalue weighted by Gasteiger charge is 2.18. The molecule has 0 aliphatic carbocycles. The molecule has 2 rings (SSSR count). The zero-order chi connectivity index (χ0) is 14.5. The average molecular weight is 280 g/mol. The molecule has 1 fully saturated rings. The minimum absolute atomic E-state index is 0.113. The van der Waals surface area contributed by atoms with Crippen LogP contribution in [0.15, 0.2) is 18.2 Å². The summed E-state index contributed by atoms with van der Waals surface area (Å²) in [6, 6.07) is 5.85. The van der Waals surface area contributed by atoms with Gasteiger partial charge in [-0.2, -0.15) is 0 Å². The summed E-state index contributed by atoms with van der Waals surface area (Å²) in [4.78, 5) is 2.26. The molecule has 1 aromatic carbocycles. The summed E-state index contributed by atoms with van der Waals surface area (Å²) in [5, 5.41) is 3.36. The smallest absolute Gasteiger partial charge is 0.127 e. The van der Waals surface area contributed by atoms with Gasteiger partial charge in [0.25, 0.3) is 0 Å². The van der Waals surface area contributed by atoms with E-state index in [-0.39, 0.29) is 11.9 Å². The highest BCUT2D eigenvalue weighted by molar-refractivity contribution is 5.25. The molecule has 1 aliphatic heterocycles. The molecule has 1 aromatic rings. The van der Waals surface area contributed by atoms with Crippen molar-refractivity contribution in [2.75, 3.05) is 19.7 Å². The molecule has 20 heavy (non-hydrogen) atoms. The second-order valence-electron chi connectivity index (χ2n) is 5.88. The number of rotatable bonds is 5. The topological polar surface area (TPSA) is 24.5 Å². The molecular weight excluding hydrogens is 255 g/mol. The zero-order valence-corrected chi connectivity index (χ0v) is 12.7. The Morgan fingerprint density at radius 3 is 2.95 bits per heavy atom. The van der Waals surface area contributed by atoms with Crippen molar-refractivity contribution in [1.29, 1.82) is 0 Å². The lowest BCUT2D eigenvalue weighted by molar-refractivity contribution is -0.0215. The minimum atomic E-state index is -0.113. The Kier molecular flexibility index (Phi) is 5.52. The van der Waals surface area contributed by atoms with Crippen LogP contribution in [-0.4, -0.2) is 36.7 Å². The van der Waals surface area contributed by atoms with Gasteiger partial charge in [-0.1, -0.05) is 26.0 Å². The number of halogens is 1. The predicted molar refractivity (Wildman–Crippen MR) is 79.1 cm³/mol. The number of morpholine rings is 1. The first kappa shape index (κ1) is 15.4. The van der Waals surface area contributed by atoms with Crippen LogP contribution in [0.4, 0.5) is 4.39 Å². The van der Waals surface area contributed by atoms with Gasteiger partial charge in [-0.05, 0) is 18.6 Å². The lowest BCUT2D eigenvalue weighted by atomic mass is 10.1. The van der Waals surface area contributed by atoms with Crippen molar-refractivity contribution in [3.05, 3.63) is 35.1 Å². The lowest BCUT2D eigenvalue weighted by Crippen LogP contribution is -2.40. The summed E-state index contributed by atoms with van der Waals surface area (Å²) in [5.41, 5.74) is 1.92. The van der Waals surface area contributed by atoms with Crippen LogP contribution in [0.2, 0.25) is 0 Å². The molecule has 1 saturated heterocycles. The van der Waals surface area contributed by atoms with E-state index in [2.05, 4.69) is 31.0 Å². The maximum atomic E-state index is 13.9. The predicted octanol–water partition coefficient (Wildman–Crippen LogP) is 2.54. The Labute approximate surface area is 121 Å². The molecule has 4 heteroatoms. The molecule has 112 valence electrons. The van der Waals surface area contributed by atoms with E-state index >= 15 is 0 Å². The first-order chi connectivity index (χ1) is 9.54. The fraction of sp³-hybridized carbons (Fsp3) is 0.625. The molecule has 3 nitrogen and oxygen atoms in total. The third-order valence-corrected chi connectivity index (χ3v) is 3.54. The van der Waals surface area contributed by atoms with Crippen LogP contribution in [-0.2, 0) is 17.8 Å². The second-order valence-corrected chi connectivity index (χ2v) is 5.88. The summed E-state index contributed by atoms with van der Waals surface area (Å²) in [5.74, 6) is -0.113. The molecular formula is C16H25FN2O. The number of benzene rings is 1. The fourth-order valence-corrected chi connectivity index (χ4v) is 2.46. The van der Waals surface area contributed by atoms with E-state index in [0.29, 0.717) is 12.6 Å². The number of nitrogens with zero attached hydrogens (tertiary/aromatic N) is 1. The molecule has 1 atom stereocenters. The van der Waals surface area contributed by atoms with Gasteiger partial charge in [-0.15, -0.1) is 0 Å². The van der Waals surface area contributed by atoms with E-state index in [1.807, 2.05) is 12.1 Å². The SMILES string of the molecule is CC(C)NCc1ccc(F)c(CN2CCOC(C)C2)c1. The van der Waals surface area contributed by atoms with E-state index in [4.69, 9.17) is 4.74 Å². The van der Waals surface area contributed by atoms with Gasteiger partial charge >= 0.3 is 0 Å². The molecule has 1 N–H and O–H groups in total. The third kappa shape index (κ3) is 4.54. The van der Waals surface area contributed by atoms with Gasteiger partial charge in [0.05, 0.1) is 12.7 Å². The maximum Gasteiger partial charge on any atom is 0.127 e. The van der Waals surface area contributed by atoms with Crippen LogP contribution < -0.4 is 5.32 Å². The third-order valence-electron chi connectivity index (χ3n) is 3.54. The Balaban J connectivity index is 2.00. The van der Waals surface area contributed by atoms with Crippen molar-refractivity contribution >= 4 is 0 Å². The molecule has 1 unspecified atom stereocenters. The molecule has 1 aliphatic rings. The Morgan fingerprint density at radius 2 is 2.25 bits per heavy atom. The normalized spacial score (nSPS) is 20.6. The summed E-state index contributed by atoms with van der Waals surface area (Å²) in [6.45, 7) is 10.2. The largest absolute Gasteiger partial charge is 0.376 e. The average Bonchev–Trinajstić information content (AvgIpc) is 2.39. The van der Waals surface area contributed by atoms with Crippen molar-refractivity contribution in [2.45, 2.75) is 46.0 Å². The van der Waals surface area contributed by atoms with Crippen molar-refractivity contribution < 1.29 is 9.13 Å². The summed E-state index contributed by atoms with van der Waals surface area (Å²) in [6.07, 6.45) is 0.234. The summed E-state index contributed by atoms with van der Waals surface area (Å²) >= 11 is 0. The highest BCUT2D eigenvalue weighted by Crippen LogP contribution is 2.15. The first-order valence-electron chi connectivity index (χ1n) is 7.39. The fourth-order valence-electron chi connectivity index (χ4n) is 2.46. The highest BCUT2D eigenvalue weighted by atomic mass is 19.1. The molecule has 0 saturated carbocycles. The van der Waals surface area contributed by atoms with Crippen LogP contribution in [0.3, 0.4) is 0 Å². The molecule has 0 aromatic heterocycles. The number of hydrogen-bond donors (Lipinski definition) is 1. The molecule has 1 heterocycles. The van der Waals surface area contributed by atoms with E-state index < -0.39 is 0 Å². The summed E-state index contributed by atoms with van der Waals surface area (Å²) in [7, 11) is 0. The van der Waals surface area contributed by atoms with Gasteiger partial charge in [0.1, 0.15) is 5.82 Å². The van der Waals surface area contributed by atoms with Gasteiger partial charge in [0, 0.05) is 37.8 Å². The van der Waals surface area contributed by atoms with E-state index in [0.717, 1.165) is 37.4 Å². The van der Waals surface area contributed by atoms with Gasteiger partial charge in [0.2, 0.25) is 0 Å². The van der Waals surface area contributed by atoms with Gasteiger partial charge in [-0.3, -0.25) is 4.90 Å². The van der Waals surface area contributed by atoms with E-state index in [1.165, 1.54) is 0 Å². The van der Waals surface area contributed by atoms with Gasteiger partial charge < -0.3 is 10.1 Å². The quantitative estimate of drug-likeness (QED) is 0.897. The molecule has 0 bridgehead atoms. The Hall–Kier alpha value is -0.970. The molecule has 0 amide bonds. The number of ether oxygens (including phenoxy) is 1. The van der Waals surface area contributed by atoms with Gasteiger partial charge in [0.15, 0.2) is 0 Å². The van der Waals surface area contributed by atoms with E-state index in [9.17, 15) is 4.39 Å². The van der Waals surface area contributed by atoms with Crippen LogP contribution >= 0.6 is 0 Å². The van der Waals surface area contributed by atoms with Crippen LogP contribution in [0.25, 0.3) is 0 Å². The Morgan fingerprint density at radius 1 is 1.45 bits per heavy atom. The number of nitrogens with one attached hydrogen (secondary N) is 1. The van der Waals surface area contributed by atoms with Gasteiger partial charge in [-0.25, -0.2) is 4.39 Å². The maximum absolute atomic E-state index is 13.9. The van der Waals surface area contributed by atoms with Crippen LogP contribution in [0, 0.1) is 5.82 Å². The lowest BCUT2D eigenvalue weighted by Gasteiger charge is -2.31. The molecule has 0 spiro atoms. The summed E-state index contributed by atoms with van der Waals surface area (Å²) < 4.78 is 19.5. The van der Waals surface area contributed by atoms with E-state index in [1.54, 1.807) is 6.07 Å². The first-order valence-corrected chi connectivity index (χ1v) is 7.39. The monoisotopic (exact) mass is 280 g/mol. The minimum Gasteiger partial charge on any atom is -0.376 e.